The molecule has 1 aromatic carbocycles. The molecule has 0 spiro atoms. The van der Waals surface area contributed by atoms with Crippen LogP contribution in [0.3, 0.4) is 0 Å². The van der Waals surface area contributed by atoms with Crippen molar-refractivity contribution in [1.29, 1.82) is 0 Å². The van der Waals surface area contributed by atoms with E-state index in [0.29, 0.717) is 6.04 Å². The number of anilines is 1. The number of benzene rings is 1. The summed E-state index contributed by atoms with van der Waals surface area (Å²) < 4.78 is 13.0. The number of hydrogen-bond acceptors (Lipinski definition) is 3. The van der Waals surface area contributed by atoms with Crippen molar-refractivity contribution >= 4 is 22.6 Å². The van der Waals surface area contributed by atoms with Gasteiger partial charge in [-0.2, -0.15) is 0 Å². The molecule has 1 N–H and O–H groups in total. The molecule has 0 amide bonds. The first-order valence-corrected chi connectivity index (χ1v) is 7.03. The number of thioether (sulfide) groups is 1. The smallest absolute Gasteiger partial charge is 0.161 e. The minimum Gasteiger partial charge on any atom is -0.335 e. The molecule has 2 aliphatic rings. The highest BCUT2D eigenvalue weighted by atomic mass is 32.2. The molecule has 1 aliphatic heterocycles. The molecule has 4 heteroatoms. The number of amidine groups is 1. The lowest BCUT2D eigenvalue weighted by molar-refractivity contribution is 0.535. The predicted molar refractivity (Wildman–Crippen MR) is 71.0 cm³/mol. The molecule has 17 heavy (non-hydrogen) atoms. The first kappa shape index (κ1) is 11.1. The van der Waals surface area contributed by atoms with Gasteiger partial charge in [0, 0.05) is 11.4 Å². The normalized spacial score (nSPS) is 27.5. The minimum atomic E-state index is -0.213. The fraction of sp³-hybridized carbons (Fsp3) is 0.462. The van der Waals surface area contributed by atoms with E-state index < -0.39 is 0 Å². The third kappa shape index (κ3) is 2.46. The van der Waals surface area contributed by atoms with Crippen molar-refractivity contribution in [2.24, 2.45) is 10.9 Å². The largest absolute Gasteiger partial charge is 0.335 e. The van der Waals surface area contributed by atoms with Gasteiger partial charge in [-0.25, -0.2) is 4.39 Å². The van der Waals surface area contributed by atoms with E-state index in [4.69, 9.17) is 4.99 Å². The molecule has 1 aromatic rings. The highest BCUT2D eigenvalue weighted by molar-refractivity contribution is 8.14. The van der Waals surface area contributed by atoms with Crippen LogP contribution in [0.25, 0.3) is 0 Å². The average Bonchev–Trinajstić information content (AvgIpc) is 2.76. The van der Waals surface area contributed by atoms with Gasteiger partial charge in [-0.1, -0.05) is 24.2 Å². The highest BCUT2D eigenvalue weighted by Crippen LogP contribution is 2.35. The zero-order valence-electron chi connectivity index (χ0n) is 9.53. The Kier molecular flexibility index (Phi) is 3.05. The summed E-state index contributed by atoms with van der Waals surface area (Å²) in [6.45, 7) is 0. The predicted octanol–water partition coefficient (Wildman–Crippen LogP) is 3.51. The molecule has 0 bridgehead atoms. The van der Waals surface area contributed by atoms with Gasteiger partial charge in [0.1, 0.15) is 5.82 Å². The topological polar surface area (TPSA) is 24.4 Å². The summed E-state index contributed by atoms with van der Waals surface area (Å²) in [6, 6.07) is 7.03. The summed E-state index contributed by atoms with van der Waals surface area (Å²) in [7, 11) is 0. The molecule has 1 aliphatic carbocycles. The van der Waals surface area contributed by atoms with Gasteiger partial charge in [0.15, 0.2) is 5.17 Å². The Morgan fingerprint density at radius 2 is 2.29 bits per heavy atom. The van der Waals surface area contributed by atoms with Gasteiger partial charge in [-0.15, -0.1) is 0 Å². The van der Waals surface area contributed by atoms with Crippen molar-refractivity contribution < 1.29 is 4.39 Å². The van der Waals surface area contributed by atoms with Crippen molar-refractivity contribution in [1.82, 2.24) is 0 Å². The first-order valence-electron chi connectivity index (χ1n) is 6.04. The first-order chi connectivity index (χ1) is 8.31. The minimum absolute atomic E-state index is 0.213. The maximum atomic E-state index is 13.0. The van der Waals surface area contributed by atoms with E-state index in [1.807, 2.05) is 6.07 Å². The van der Waals surface area contributed by atoms with Crippen LogP contribution in [0.15, 0.2) is 29.3 Å². The molecule has 0 radical (unpaired) electrons. The molecule has 1 fully saturated rings. The second-order valence-electron chi connectivity index (χ2n) is 4.64. The summed E-state index contributed by atoms with van der Waals surface area (Å²) in [5, 5.41) is 4.15. The van der Waals surface area contributed by atoms with Crippen molar-refractivity contribution in [3.63, 3.8) is 0 Å². The van der Waals surface area contributed by atoms with Crippen LogP contribution in [0, 0.1) is 11.7 Å². The number of nitrogens with zero attached hydrogens (tertiary/aromatic N) is 1. The van der Waals surface area contributed by atoms with E-state index in [1.165, 1.54) is 31.4 Å². The monoisotopic (exact) mass is 250 g/mol. The standard InChI is InChI=1S/C13H15FN2S/c14-10-4-2-5-11(7-10)15-13-16-12-6-1-3-9(12)8-17-13/h2,4-5,7,9,12H,1,3,6,8H2,(H,15,16). The molecular formula is C13H15FN2S. The molecule has 90 valence electrons. The van der Waals surface area contributed by atoms with E-state index >= 15 is 0 Å². The van der Waals surface area contributed by atoms with Crippen molar-refractivity contribution in [3.05, 3.63) is 30.1 Å². The summed E-state index contributed by atoms with van der Waals surface area (Å²) in [4.78, 5) is 4.71. The lowest BCUT2D eigenvalue weighted by Crippen LogP contribution is -2.25. The molecule has 3 rings (SSSR count). The molecule has 1 heterocycles. The van der Waals surface area contributed by atoms with Crippen LogP contribution in [0.1, 0.15) is 19.3 Å². The summed E-state index contributed by atoms with van der Waals surface area (Å²) >= 11 is 1.76. The molecule has 2 unspecified atom stereocenters. The number of hydrogen-bond donors (Lipinski definition) is 1. The second kappa shape index (κ2) is 4.69. The molecule has 0 saturated heterocycles. The van der Waals surface area contributed by atoms with Crippen LogP contribution < -0.4 is 5.32 Å². The molecule has 1 saturated carbocycles. The van der Waals surface area contributed by atoms with Crippen LogP contribution in [0.2, 0.25) is 0 Å². The number of halogens is 1. The van der Waals surface area contributed by atoms with E-state index in [-0.39, 0.29) is 5.82 Å². The molecule has 2 nitrogen and oxygen atoms in total. The lowest BCUT2D eigenvalue weighted by Gasteiger charge is -2.23. The van der Waals surface area contributed by atoms with Crippen molar-refractivity contribution in [2.45, 2.75) is 25.3 Å². The van der Waals surface area contributed by atoms with Gasteiger partial charge in [-0.3, -0.25) is 4.99 Å². The number of aliphatic imine (C=N–C) groups is 1. The quantitative estimate of drug-likeness (QED) is 0.825. The maximum absolute atomic E-state index is 13.0. The highest BCUT2D eigenvalue weighted by Gasteiger charge is 2.30. The van der Waals surface area contributed by atoms with E-state index in [2.05, 4.69) is 5.32 Å². The fourth-order valence-corrected chi connectivity index (χ4v) is 3.67. The zero-order valence-corrected chi connectivity index (χ0v) is 10.3. The van der Waals surface area contributed by atoms with Crippen molar-refractivity contribution in [2.75, 3.05) is 11.1 Å². The van der Waals surface area contributed by atoms with Crippen LogP contribution in [0.5, 0.6) is 0 Å². The second-order valence-corrected chi connectivity index (χ2v) is 5.65. The van der Waals surface area contributed by atoms with Gasteiger partial charge in [-0.05, 0) is 37.0 Å². The lowest BCUT2D eigenvalue weighted by atomic mass is 10.1. The Morgan fingerprint density at radius 1 is 1.35 bits per heavy atom. The Morgan fingerprint density at radius 3 is 3.18 bits per heavy atom. The van der Waals surface area contributed by atoms with Gasteiger partial charge < -0.3 is 5.32 Å². The van der Waals surface area contributed by atoms with E-state index in [9.17, 15) is 4.39 Å². The van der Waals surface area contributed by atoms with Gasteiger partial charge >= 0.3 is 0 Å². The third-order valence-electron chi connectivity index (χ3n) is 3.41. The summed E-state index contributed by atoms with van der Waals surface area (Å²) in [5.74, 6) is 1.69. The Labute approximate surface area is 105 Å². The summed E-state index contributed by atoms with van der Waals surface area (Å²) in [6.07, 6.45) is 3.82. The van der Waals surface area contributed by atoms with Crippen LogP contribution in [-0.2, 0) is 0 Å². The summed E-state index contributed by atoms with van der Waals surface area (Å²) in [5.41, 5.74) is 0.785. The molecule has 0 aromatic heterocycles. The van der Waals surface area contributed by atoms with Gasteiger partial charge in [0.25, 0.3) is 0 Å². The SMILES string of the molecule is Fc1cccc(NC2=NC3CCCC3CS2)c1. The number of nitrogens with one attached hydrogen (secondary N) is 1. The van der Waals surface area contributed by atoms with E-state index in [0.717, 1.165) is 22.5 Å². The van der Waals surface area contributed by atoms with Crippen LogP contribution in [0.4, 0.5) is 10.1 Å². The third-order valence-corrected chi connectivity index (χ3v) is 4.49. The fourth-order valence-electron chi connectivity index (χ4n) is 2.51. The van der Waals surface area contributed by atoms with Crippen LogP contribution in [-0.4, -0.2) is 17.0 Å². The van der Waals surface area contributed by atoms with Crippen molar-refractivity contribution in [3.8, 4) is 0 Å². The number of rotatable bonds is 1. The maximum Gasteiger partial charge on any atom is 0.161 e. The Balaban J connectivity index is 1.73. The Bertz CT molecular complexity index is 447. The number of fused-ring (bicyclic) bond motifs is 1. The van der Waals surface area contributed by atoms with Gasteiger partial charge in [0.2, 0.25) is 0 Å². The van der Waals surface area contributed by atoms with E-state index in [1.54, 1.807) is 17.8 Å². The molecule has 2 atom stereocenters. The zero-order chi connectivity index (χ0) is 11.7. The van der Waals surface area contributed by atoms with Gasteiger partial charge in [0.05, 0.1) is 6.04 Å². The average molecular weight is 250 g/mol. The molecular weight excluding hydrogens is 235 g/mol. The van der Waals surface area contributed by atoms with Crippen LogP contribution >= 0.6 is 11.8 Å². The Hall–Kier alpha value is -1.03.